The highest BCUT2D eigenvalue weighted by Gasteiger charge is 2.15. The van der Waals surface area contributed by atoms with Crippen molar-refractivity contribution in [2.24, 2.45) is 0 Å². The summed E-state index contributed by atoms with van der Waals surface area (Å²) in [5, 5.41) is 4.52. The first-order chi connectivity index (χ1) is 14.2. The lowest BCUT2D eigenvalue weighted by molar-refractivity contribution is 0.0493. The van der Waals surface area contributed by atoms with Crippen molar-refractivity contribution in [2.45, 2.75) is 6.54 Å². The highest BCUT2D eigenvalue weighted by molar-refractivity contribution is 9.10. The minimum atomic E-state index is -0.316. The van der Waals surface area contributed by atoms with Gasteiger partial charge in [0.25, 0.3) is 0 Å². The number of carbonyl (C=O) groups is 1. The number of hydrogen-bond donors (Lipinski definition) is 0. The summed E-state index contributed by atoms with van der Waals surface area (Å²) in [6, 6.07) is 28.4. The molecular formula is C25H18BrNO2. The molecule has 0 unspecified atom stereocenters. The number of benzene rings is 4. The Labute approximate surface area is 176 Å². The lowest BCUT2D eigenvalue weighted by Gasteiger charge is -2.11. The van der Waals surface area contributed by atoms with E-state index in [0.717, 1.165) is 26.3 Å². The van der Waals surface area contributed by atoms with E-state index in [1.807, 2.05) is 48.5 Å². The van der Waals surface area contributed by atoms with Gasteiger partial charge in [0.1, 0.15) is 6.61 Å². The third-order valence-corrected chi connectivity index (χ3v) is 6.17. The fraction of sp³-hybridized carbons (Fsp3) is 0.0800. The minimum absolute atomic E-state index is 0.306. The van der Waals surface area contributed by atoms with Crippen LogP contribution in [0, 0.1) is 0 Å². The van der Waals surface area contributed by atoms with Crippen LogP contribution >= 0.6 is 15.9 Å². The fourth-order valence-corrected chi connectivity index (χ4v) is 4.60. The van der Waals surface area contributed by atoms with E-state index in [-0.39, 0.29) is 5.97 Å². The van der Waals surface area contributed by atoms with Gasteiger partial charge < -0.3 is 9.30 Å². The zero-order chi connectivity index (χ0) is 19.8. The van der Waals surface area contributed by atoms with E-state index in [4.69, 9.17) is 4.74 Å². The Hall–Kier alpha value is -3.11. The van der Waals surface area contributed by atoms with Crippen LogP contribution in [0.1, 0.15) is 10.4 Å². The molecule has 0 atom stereocenters. The second-order valence-corrected chi connectivity index (χ2v) is 7.76. The Bertz CT molecular complexity index is 1320. The molecule has 0 radical (unpaired) electrons. The summed E-state index contributed by atoms with van der Waals surface area (Å²) < 4.78 is 8.63. The number of nitrogens with zero attached hydrogens (tertiary/aromatic N) is 1. The molecule has 1 aromatic heterocycles. The van der Waals surface area contributed by atoms with E-state index in [0.29, 0.717) is 18.7 Å². The lowest BCUT2D eigenvalue weighted by atomic mass is 10.1. The van der Waals surface area contributed by atoms with Gasteiger partial charge in [-0.05, 0) is 44.9 Å². The van der Waals surface area contributed by atoms with Gasteiger partial charge in [-0.25, -0.2) is 4.79 Å². The van der Waals surface area contributed by atoms with E-state index in [1.54, 1.807) is 0 Å². The predicted molar refractivity (Wildman–Crippen MR) is 121 cm³/mol. The topological polar surface area (TPSA) is 31.2 Å². The number of esters is 1. The molecule has 0 N–H and O–H groups in total. The average molecular weight is 444 g/mol. The zero-order valence-electron chi connectivity index (χ0n) is 15.6. The molecule has 0 aliphatic carbocycles. The fourth-order valence-electron chi connectivity index (χ4n) is 3.94. The van der Waals surface area contributed by atoms with Gasteiger partial charge in [0.2, 0.25) is 0 Å². The quantitative estimate of drug-likeness (QED) is 0.294. The normalized spacial score (nSPS) is 11.3. The third kappa shape index (κ3) is 3.10. The van der Waals surface area contributed by atoms with Crippen molar-refractivity contribution >= 4 is 54.5 Å². The Balaban J connectivity index is 1.40. The van der Waals surface area contributed by atoms with E-state index < -0.39 is 0 Å². The second-order valence-electron chi connectivity index (χ2n) is 6.97. The molecular weight excluding hydrogens is 426 g/mol. The van der Waals surface area contributed by atoms with Crippen molar-refractivity contribution in [2.75, 3.05) is 6.61 Å². The Morgan fingerprint density at radius 1 is 0.759 bits per heavy atom. The number of rotatable bonds is 4. The molecule has 3 nitrogen and oxygen atoms in total. The molecule has 4 aromatic carbocycles. The van der Waals surface area contributed by atoms with Gasteiger partial charge in [-0.1, -0.05) is 66.7 Å². The summed E-state index contributed by atoms with van der Waals surface area (Å²) in [4.78, 5) is 12.7. The molecule has 0 spiro atoms. The summed E-state index contributed by atoms with van der Waals surface area (Å²) in [5.74, 6) is -0.316. The largest absolute Gasteiger partial charge is 0.460 e. The number of carbonyl (C=O) groups excluding carboxylic acids is 1. The van der Waals surface area contributed by atoms with Crippen molar-refractivity contribution in [3.63, 3.8) is 0 Å². The molecule has 0 aliphatic rings. The van der Waals surface area contributed by atoms with E-state index in [9.17, 15) is 4.79 Å². The van der Waals surface area contributed by atoms with E-state index in [1.165, 1.54) is 10.8 Å². The number of hydrogen-bond acceptors (Lipinski definition) is 2. The Morgan fingerprint density at radius 3 is 2.03 bits per heavy atom. The Morgan fingerprint density at radius 2 is 1.34 bits per heavy atom. The molecule has 5 aromatic rings. The van der Waals surface area contributed by atoms with E-state index in [2.05, 4.69) is 56.9 Å². The molecule has 0 amide bonds. The smallest absolute Gasteiger partial charge is 0.339 e. The van der Waals surface area contributed by atoms with Crippen molar-refractivity contribution in [3.05, 3.63) is 95.0 Å². The SMILES string of the molecule is O=C(OCCn1c2ccccc2c2ccccc21)c1ccc2ccccc2c1Br. The maximum atomic E-state index is 12.7. The van der Waals surface area contributed by atoms with Gasteiger partial charge >= 0.3 is 5.97 Å². The first-order valence-corrected chi connectivity index (χ1v) is 10.3. The molecule has 0 aliphatic heterocycles. The summed E-state index contributed by atoms with van der Waals surface area (Å²) in [6.45, 7) is 0.908. The molecule has 29 heavy (non-hydrogen) atoms. The van der Waals surface area contributed by atoms with Gasteiger partial charge in [0.05, 0.1) is 12.1 Å². The zero-order valence-corrected chi connectivity index (χ0v) is 17.2. The van der Waals surface area contributed by atoms with Gasteiger partial charge in [0.15, 0.2) is 0 Å². The average Bonchev–Trinajstić information content (AvgIpc) is 3.08. The highest BCUT2D eigenvalue weighted by Crippen LogP contribution is 2.30. The van der Waals surface area contributed by atoms with Crippen molar-refractivity contribution < 1.29 is 9.53 Å². The number of fused-ring (bicyclic) bond motifs is 4. The van der Waals surface area contributed by atoms with E-state index >= 15 is 0 Å². The van der Waals surface area contributed by atoms with Crippen LogP contribution in [0.2, 0.25) is 0 Å². The molecule has 142 valence electrons. The van der Waals surface area contributed by atoms with Gasteiger partial charge in [-0.3, -0.25) is 0 Å². The summed E-state index contributed by atoms with van der Waals surface area (Å²) in [7, 11) is 0. The number of halogens is 1. The van der Waals surface area contributed by atoms with Crippen LogP contribution in [0.4, 0.5) is 0 Å². The standard InChI is InChI=1S/C25H18BrNO2/c26-24-18-8-2-1-7-17(18)13-14-21(24)25(28)29-16-15-27-22-11-5-3-9-19(22)20-10-4-6-12-23(20)27/h1-14H,15-16H2. The molecule has 5 rings (SSSR count). The molecule has 0 saturated heterocycles. The maximum Gasteiger partial charge on any atom is 0.339 e. The van der Waals surface area contributed by atoms with Crippen LogP contribution in [0.15, 0.2) is 89.4 Å². The van der Waals surface area contributed by atoms with Crippen LogP contribution in [-0.2, 0) is 11.3 Å². The van der Waals surface area contributed by atoms with Crippen LogP contribution in [0.3, 0.4) is 0 Å². The minimum Gasteiger partial charge on any atom is -0.460 e. The summed E-state index contributed by atoms with van der Waals surface area (Å²) in [5.41, 5.74) is 2.85. The van der Waals surface area contributed by atoms with Crippen molar-refractivity contribution in [1.29, 1.82) is 0 Å². The molecule has 4 heteroatoms. The first-order valence-electron chi connectivity index (χ1n) is 9.54. The molecule has 1 heterocycles. The van der Waals surface area contributed by atoms with Crippen LogP contribution in [-0.4, -0.2) is 17.1 Å². The third-order valence-electron chi connectivity index (χ3n) is 5.31. The lowest BCUT2D eigenvalue weighted by Crippen LogP contribution is -2.12. The first kappa shape index (κ1) is 18.0. The van der Waals surface area contributed by atoms with Crippen LogP contribution in [0.5, 0.6) is 0 Å². The van der Waals surface area contributed by atoms with Crippen molar-refractivity contribution in [3.8, 4) is 0 Å². The number of ether oxygens (including phenoxy) is 1. The molecule has 0 fully saturated rings. The van der Waals surface area contributed by atoms with Crippen molar-refractivity contribution in [1.82, 2.24) is 4.57 Å². The van der Waals surface area contributed by atoms with Gasteiger partial charge in [0, 0.05) is 26.3 Å². The van der Waals surface area contributed by atoms with Gasteiger partial charge in [-0.2, -0.15) is 0 Å². The predicted octanol–water partition coefficient (Wildman–Crippen LogP) is 6.57. The maximum absolute atomic E-state index is 12.7. The highest BCUT2D eigenvalue weighted by atomic mass is 79.9. The molecule has 0 saturated carbocycles. The second kappa shape index (κ2) is 7.37. The molecule has 0 bridgehead atoms. The summed E-state index contributed by atoms with van der Waals surface area (Å²) in [6.07, 6.45) is 0. The number of aromatic nitrogens is 1. The summed E-state index contributed by atoms with van der Waals surface area (Å²) >= 11 is 3.57. The monoisotopic (exact) mass is 443 g/mol. The Kier molecular flexibility index (Phi) is 4.57. The number of para-hydroxylation sites is 2. The van der Waals surface area contributed by atoms with Crippen LogP contribution < -0.4 is 0 Å². The van der Waals surface area contributed by atoms with Crippen LogP contribution in [0.25, 0.3) is 32.6 Å². The van der Waals surface area contributed by atoms with Gasteiger partial charge in [-0.15, -0.1) is 0 Å².